The summed E-state index contributed by atoms with van der Waals surface area (Å²) in [5.74, 6) is -0.288. The summed E-state index contributed by atoms with van der Waals surface area (Å²) < 4.78 is 0. The zero-order chi connectivity index (χ0) is 13.7. The first-order valence-electron chi connectivity index (χ1n) is 6.11. The third-order valence-corrected chi connectivity index (χ3v) is 3.47. The molecule has 18 heavy (non-hydrogen) atoms. The predicted molar refractivity (Wildman–Crippen MR) is 76.9 cm³/mol. The predicted octanol–water partition coefficient (Wildman–Crippen LogP) is 2.47. The van der Waals surface area contributed by atoms with Crippen LogP contribution < -0.4 is 4.90 Å². The highest BCUT2D eigenvalue weighted by molar-refractivity contribution is 7.12. The summed E-state index contributed by atoms with van der Waals surface area (Å²) in [5, 5.41) is 10.9. The van der Waals surface area contributed by atoms with Gasteiger partial charge in [-0.25, -0.2) is 4.79 Å². The maximum absolute atomic E-state index is 10.9. The van der Waals surface area contributed by atoms with Crippen molar-refractivity contribution in [2.24, 2.45) is 5.92 Å². The third-order valence-electron chi connectivity index (χ3n) is 2.56. The molecular weight excluding hydrogens is 248 g/mol. The van der Waals surface area contributed by atoms with E-state index in [1.807, 2.05) is 19.5 Å². The lowest BCUT2D eigenvalue weighted by molar-refractivity contribution is 0.0702. The highest BCUT2D eigenvalue weighted by Gasteiger charge is 2.13. The van der Waals surface area contributed by atoms with Crippen LogP contribution in [0.25, 0.3) is 0 Å². The summed E-state index contributed by atoms with van der Waals surface area (Å²) >= 11 is 1.29. The van der Waals surface area contributed by atoms with Gasteiger partial charge in [-0.15, -0.1) is 11.3 Å². The molecule has 0 fully saturated rings. The van der Waals surface area contributed by atoms with Crippen LogP contribution in [0.15, 0.2) is 11.4 Å². The lowest BCUT2D eigenvalue weighted by atomic mass is 10.2. The summed E-state index contributed by atoms with van der Waals surface area (Å²) in [6.07, 6.45) is 0. The molecule has 0 aromatic carbocycles. The average molecular weight is 270 g/mol. The van der Waals surface area contributed by atoms with Gasteiger partial charge in [-0.1, -0.05) is 13.8 Å². The van der Waals surface area contributed by atoms with E-state index < -0.39 is 5.97 Å². The van der Waals surface area contributed by atoms with Crippen molar-refractivity contribution in [1.29, 1.82) is 0 Å². The quantitative estimate of drug-likeness (QED) is 0.826. The Morgan fingerprint density at radius 1 is 1.39 bits per heavy atom. The van der Waals surface area contributed by atoms with Gasteiger partial charge < -0.3 is 14.9 Å². The summed E-state index contributed by atoms with van der Waals surface area (Å²) in [7, 11) is 4.09. The second kappa shape index (κ2) is 6.75. The molecule has 5 heteroatoms. The Kier molecular flexibility index (Phi) is 5.62. The number of hydrogen-bond acceptors (Lipinski definition) is 4. The number of hydrogen-bond donors (Lipinski definition) is 1. The second-order valence-electron chi connectivity index (χ2n) is 5.12. The minimum Gasteiger partial charge on any atom is -0.477 e. The number of likely N-dealkylation sites (N-methyl/N-ethyl adjacent to an activating group) is 1. The third kappa shape index (κ3) is 4.66. The van der Waals surface area contributed by atoms with E-state index in [1.54, 1.807) is 6.07 Å². The lowest BCUT2D eigenvalue weighted by Crippen LogP contribution is -2.34. The molecular formula is C13H22N2O2S. The Balaban J connectivity index is 2.76. The van der Waals surface area contributed by atoms with Crippen LogP contribution in [0.3, 0.4) is 0 Å². The van der Waals surface area contributed by atoms with E-state index in [0.29, 0.717) is 10.8 Å². The highest BCUT2D eigenvalue weighted by atomic mass is 32.1. The van der Waals surface area contributed by atoms with E-state index in [2.05, 4.69) is 23.6 Å². The number of anilines is 1. The van der Waals surface area contributed by atoms with Crippen LogP contribution >= 0.6 is 11.3 Å². The molecule has 0 saturated carbocycles. The van der Waals surface area contributed by atoms with Gasteiger partial charge in [0.05, 0.1) is 0 Å². The van der Waals surface area contributed by atoms with Gasteiger partial charge in [-0.2, -0.15) is 0 Å². The van der Waals surface area contributed by atoms with Crippen molar-refractivity contribution in [3.8, 4) is 0 Å². The van der Waals surface area contributed by atoms with E-state index in [-0.39, 0.29) is 0 Å². The van der Waals surface area contributed by atoms with E-state index >= 15 is 0 Å². The van der Waals surface area contributed by atoms with Crippen LogP contribution in [0.1, 0.15) is 23.5 Å². The smallest absolute Gasteiger partial charge is 0.345 e. The van der Waals surface area contributed by atoms with Gasteiger partial charge in [0.1, 0.15) is 4.88 Å². The molecule has 0 aliphatic carbocycles. The van der Waals surface area contributed by atoms with Crippen molar-refractivity contribution < 1.29 is 9.90 Å². The Morgan fingerprint density at radius 2 is 2.06 bits per heavy atom. The number of aromatic carboxylic acids is 1. The fraction of sp³-hybridized carbons (Fsp3) is 0.615. The molecule has 0 saturated heterocycles. The lowest BCUT2D eigenvalue weighted by Gasteiger charge is -2.27. The van der Waals surface area contributed by atoms with Crippen molar-refractivity contribution in [3.05, 3.63) is 16.3 Å². The molecule has 0 bridgehead atoms. The first-order valence-corrected chi connectivity index (χ1v) is 6.99. The second-order valence-corrected chi connectivity index (χ2v) is 6.03. The first-order chi connectivity index (χ1) is 8.40. The molecule has 0 aliphatic heterocycles. The first kappa shape index (κ1) is 15.0. The van der Waals surface area contributed by atoms with Gasteiger partial charge in [0.25, 0.3) is 0 Å². The molecule has 0 amide bonds. The molecule has 102 valence electrons. The van der Waals surface area contributed by atoms with Crippen LogP contribution in [0, 0.1) is 5.92 Å². The summed E-state index contributed by atoms with van der Waals surface area (Å²) in [5.41, 5.74) is 1.02. The number of thiophene rings is 1. The van der Waals surface area contributed by atoms with Crippen molar-refractivity contribution in [2.75, 3.05) is 38.6 Å². The van der Waals surface area contributed by atoms with Gasteiger partial charge in [0.2, 0.25) is 0 Å². The standard InChI is InChI=1S/C13H22N2O2S/c1-10(2)8-15(6-5-14(3)4)11-7-12(13(16)17)18-9-11/h7,9-10H,5-6,8H2,1-4H3,(H,16,17). The van der Waals surface area contributed by atoms with E-state index in [1.165, 1.54) is 11.3 Å². The molecule has 0 unspecified atom stereocenters. The zero-order valence-electron chi connectivity index (χ0n) is 11.5. The Bertz CT molecular complexity index is 388. The van der Waals surface area contributed by atoms with Crippen LogP contribution in [0.4, 0.5) is 5.69 Å². The van der Waals surface area contributed by atoms with Gasteiger partial charge in [0.15, 0.2) is 0 Å². The van der Waals surface area contributed by atoms with Crippen molar-refractivity contribution in [2.45, 2.75) is 13.8 Å². The topological polar surface area (TPSA) is 43.8 Å². The van der Waals surface area contributed by atoms with E-state index in [0.717, 1.165) is 25.3 Å². The Hall–Kier alpha value is -1.07. The number of nitrogens with zero attached hydrogens (tertiary/aromatic N) is 2. The normalized spacial score (nSPS) is 11.2. The molecule has 1 aromatic heterocycles. The molecule has 1 N–H and O–H groups in total. The van der Waals surface area contributed by atoms with Crippen LogP contribution in [0.5, 0.6) is 0 Å². The van der Waals surface area contributed by atoms with Crippen LogP contribution in [-0.4, -0.2) is 49.7 Å². The number of carboxylic acid groups (broad SMARTS) is 1. The minimum absolute atomic E-state index is 0.406. The Morgan fingerprint density at radius 3 is 2.50 bits per heavy atom. The fourth-order valence-corrected chi connectivity index (χ4v) is 2.45. The van der Waals surface area contributed by atoms with Crippen molar-refractivity contribution in [1.82, 2.24) is 4.90 Å². The van der Waals surface area contributed by atoms with Gasteiger partial charge in [0, 0.05) is 30.7 Å². The van der Waals surface area contributed by atoms with Crippen LogP contribution in [0.2, 0.25) is 0 Å². The largest absolute Gasteiger partial charge is 0.477 e. The van der Waals surface area contributed by atoms with E-state index in [9.17, 15) is 4.79 Å². The minimum atomic E-state index is -0.844. The number of carbonyl (C=O) groups is 1. The number of carboxylic acids is 1. The fourth-order valence-electron chi connectivity index (χ4n) is 1.69. The summed E-state index contributed by atoms with van der Waals surface area (Å²) in [6, 6.07) is 1.77. The monoisotopic (exact) mass is 270 g/mol. The van der Waals surface area contributed by atoms with Gasteiger partial charge in [-0.3, -0.25) is 0 Å². The molecule has 0 radical (unpaired) electrons. The maximum atomic E-state index is 10.9. The maximum Gasteiger partial charge on any atom is 0.345 e. The van der Waals surface area contributed by atoms with Crippen LogP contribution in [-0.2, 0) is 0 Å². The Labute approximate surface area is 113 Å². The summed E-state index contributed by atoms with van der Waals surface area (Å²) in [4.78, 5) is 15.7. The molecule has 0 atom stereocenters. The van der Waals surface area contributed by atoms with Crippen molar-refractivity contribution >= 4 is 23.0 Å². The van der Waals surface area contributed by atoms with Gasteiger partial charge in [-0.05, 0) is 26.1 Å². The zero-order valence-corrected chi connectivity index (χ0v) is 12.3. The van der Waals surface area contributed by atoms with Gasteiger partial charge >= 0.3 is 5.97 Å². The van der Waals surface area contributed by atoms with Crippen molar-refractivity contribution in [3.63, 3.8) is 0 Å². The average Bonchev–Trinajstić information content (AvgIpc) is 2.72. The molecule has 4 nitrogen and oxygen atoms in total. The molecule has 1 heterocycles. The molecule has 0 spiro atoms. The highest BCUT2D eigenvalue weighted by Crippen LogP contribution is 2.24. The SMILES string of the molecule is CC(C)CN(CCN(C)C)c1csc(C(=O)O)c1. The molecule has 0 aliphatic rings. The number of rotatable bonds is 7. The molecule has 1 rings (SSSR count). The van der Waals surface area contributed by atoms with E-state index in [4.69, 9.17) is 5.11 Å². The summed E-state index contributed by atoms with van der Waals surface area (Å²) in [6.45, 7) is 7.18. The molecule has 1 aromatic rings.